The van der Waals surface area contributed by atoms with Gasteiger partial charge >= 0.3 is 6.18 Å². The van der Waals surface area contributed by atoms with E-state index >= 15 is 0 Å². The zero-order valence-corrected chi connectivity index (χ0v) is 18.6. The van der Waals surface area contributed by atoms with E-state index in [2.05, 4.69) is 25.5 Å². The molecule has 0 aliphatic carbocycles. The minimum absolute atomic E-state index is 0.0145. The van der Waals surface area contributed by atoms with E-state index in [1.54, 1.807) is 29.6 Å². The molecule has 0 bridgehead atoms. The van der Waals surface area contributed by atoms with Crippen molar-refractivity contribution in [2.75, 3.05) is 5.32 Å². The molecule has 4 heterocycles. The maximum Gasteiger partial charge on any atom is 0.433 e. The van der Waals surface area contributed by atoms with Gasteiger partial charge in [-0.3, -0.25) is 10.1 Å². The van der Waals surface area contributed by atoms with Crippen LogP contribution < -0.4 is 5.32 Å². The number of fused-ring (bicyclic) bond motifs is 1. The standard InChI is InChI=1S/C21H13ClF3N7OS/c22-13-5-3-12(4-6-13)10-31-11-26-20(30-31)28-19(33)15-9-18-27-14(16-2-1-7-34-16)8-17(21(23,24)25)32(18)29-15/h1-9,11H,10H2,(H,28,30,33). The maximum atomic E-state index is 13.7. The van der Waals surface area contributed by atoms with Crippen molar-refractivity contribution in [3.8, 4) is 10.6 Å². The molecule has 1 amide bonds. The van der Waals surface area contributed by atoms with Gasteiger partial charge in [0.2, 0.25) is 5.95 Å². The van der Waals surface area contributed by atoms with Crippen LogP contribution in [0.3, 0.4) is 0 Å². The minimum atomic E-state index is -4.70. The number of amides is 1. The molecule has 0 saturated carbocycles. The van der Waals surface area contributed by atoms with Crippen LogP contribution in [-0.4, -0.2) is 35.3 Å². The predicted molar refractivity (Wildman–Crippen MR) is 120 cm³/mol. The summed E-state index contributed by atoms with van der Waals surface area (Å²) in [6.07, 6.45) is -3.28. The Morgan fingerprint density at radius 2 is 1.91 bits per heavy atom. The van der Waals surface area contributed by atoms with Crippen LogP contribution in [0.15, 0.2) is 60.2 Å². The fraction of sp³-hybridized carbons (Fsp3) is 0.0952. The van der Waals surface area contributed by atoms with Crippen molar-refractivity contribution in [1.82, 2.24) is 29.4 Å². The van der Waals surface area contributed by atoms with Crippen molar-refractivity contribution < 1.29 is 18.0 Å². The number of alkyl halides is 3. The highest BCUT2D eigenvalue weighted by Crippen LogP contribution is 2.33. The molecular weight excluding hydrogens is 491 g/mol. The Hall–Kier alpha value is -3.77. The minimum Gasteiger partial charge on any atom is -0.288 e. The summed E-state index contributed by atoms with van der Waals surface area (Å²) < 4.78 is 43.2. The molecule has 0 fully saturated rings. The summed E-state index contributed by atoms with van der Waals surface area (Å²) in [7, 11) is 0. The number of rotatable bonds is 5. The molecule has 0 aliphatic heterocycles. The average molecular weight is 504 g/mol. The second-order valence-electron chi connectivity index (χ2n) is 7.15. The molecule has 0 saturated heterocycles. The highest BCUT2D eigenvalue weighted by Gasteiger charge is 2.35. The van der Waals surface area contributed by atoms with E-state index in [1.165, 1.54) is 28.4 Å². The quantitative estimate of drug-likeness (QED) is 0.363. The summed E-state index contributed by atoms with van der Waals surface area (Å²) in [6.45, 7) is 0.388. The molecule has 8 nitrogen and oxygen atoms in total. The van der Waals surface area contributed by atoms with Crippen LogP contribution in [0.4, 0.5) is 19.1 Å². The highest BCUT2D eigenvalue weighted by molar-refractivity contribution is 7.13. The van der Waals surface area contributed by atoms with Gasteiger partial charge in [-0.1, -0.05) is 29.8 Å². The molecule has 0 radical (unpaired) electrons. The van der Waals surface area contributed by atoms with Crippen molar-refractivity contribution in [1.29, 1.82) is 0 Å². The molecule has 5 rings (SSSR count). The van der Waals surface area contributed by atoms with Crippen LogP contribution in [0, 0.1) is 0 Å². The van der Waals surface area contributed by atoms with Gasteiger partial charge in [-0.25, -0.2) is 19.2 Å². The van der Waals surface area contributed by atoms with E-state index in [-0.39, 0.29) is 23.0 Å². The van der Waals surface area contributed by atoms with Crippen molar-refractivity contribution in [2.24, 2.45) is 0 Å². The van der Waals surface area contributed by atoms with Crippen molar-refractivity contribution in [3.63, 3.8) is 0 Å². The first-order valence-corrected chi connectivity index (χ1v) is 11.0. The smallest absolute Gasteiger partial charge is 0.288 e. The topological polar surface area (TPSA) is 90.0 Å². The summed E-state index contributed by atoms with van der Waals surface area (Å²) >= 11 is 7.13. The van der Waals surface area contributed by atoms with Gasteiger partial charge in [0.05, 0.1) is 17.1 Å². The highest BCUT2D eigenvalue weighted by atomic mass is 35.5. The molecule has 0 aliphatic rings. The normalized spacial score (nSPS) is 11.8. The third-order valence-electron chi connectivity index (χ3n) is 4.74. The molecule has 0 unspecified atom stereocenters. The Labute approximate surface area is 198 Å². The van der Waals surface area contributed by atoms with Gasteiger partial charge in [0.1, 0.15) is 6.33 Å². The number of nitrogens with one attached hydrogen (secondary N) is 1. The van der Waals surface area contributed by atoms with Gasteiger partial charge in [-0.15, -0.1) is 16.4 Å². The first kappa shape index (κ1) is 22.0. The summed E-state index contributed by atoms with van der Waals surface area (Å²) in [4.78, 5) is 21.5. The third-order valence-corrected chi connectivity index (χ3v) is 5.89. The Morgan fingerprint density at radius 1 is 1.12 bits per heavy atom. The van der Waals surface area contributed by atoms with Crippen LogP contribution >= 0.6 is 22.9 Å². The molecular formula is C21H13ClF3N7OS. The summed E-state index contributed by atoms with van der Waals surface area (Å²) in [5, 5.41) is 12.8. The zero-order chi connectivity index (χ0) is 23.9. The fourth-order valence-corrected chi connectivity index (χ4v) is 4.02. The molecule has 172 valence electrons. The summed E-state index contributed by atoms with van der Waals surface area (Å²) in [5.41, 5.74) is -0.339. The van der Waals surface area contributed by atoms with Gasteiger partial charge < -0.3 is 0 Å². The summed E-state index contributed by atoms with van der Waals surface area (Å²) in [6, 6.07) is 12.6. The Kier molecular flexibility index (Phi) is 5.54. The number of halogens is 4. The molecule has 5 aromatic rings. The molecule has 34 heavy (non-hydrogen) atoms. The van der Waals surface area contributed by atoms with Crippen molar-refractivity contribution >= 4 is 40.4 Å². The summed E-state index contributed by atoms with van der Waals surface area (Å²) in [5.74, 6) is -0.778. The Balaban J connectivity index is 1.40. The van der Waals surface area contributed by atoms with Crippen molar-refractivity contribution in [2.45, 2.75) is 12.7 Å². The SMILES string of the molecule is O=C(Nc1ncn(Cc2ccc(Cl)cc2)n1)c1cc2nc(-c3cccs3)cc(C(F)(F)F)n2n1. The molecule has 4 aromatic heterocycles. The van der Waals surface area contributed by atoms with E-state index in [0.717, 1.165) is 11.6 Å². The number of anilines is 1. The number of aromatic nitrogens is 6. The van der Waals surface area contributed by atoms with Crippen LogP contribution in [0.2, 0.25) is 5.02 Å². The maximum absolute atomic E-state index is 13.7. The Bertz CT molecular complexity index is 1480. The number of thiophene rings is 1. The lowest BCUT2D eigenvalue weighted by atomic mass is 10.2. The third kappa shape index (κ3) is 4.50. The number of hydrogen-bond acceptors (Lipinski definition) is 6. The van der Waals surface area contributed by atoms with E-state index in [4.69, 9.17) is 11.6 Å². The van der Waals surface area contributed by atoms with Crippen molar-refractivity contribution in [3.05, 3.63) is 82.2 Å². The lowest BCUT2D eigenvalue weighted by Gasteiger charge is -2.10. The lowest BCUT2D eigenvalue weighted by Crippen LogP contribution is -2.16. The number of hydrogen-bond donors (Lipinski definition) is 1. The first-order valence-electron chi connectivity index (χ1n) is 9.73. The molecule has 1 N–H and O–H groups in total. The van der Waals surface area contributed by atoms with Gasteiger partial charge in [0, 0.05) is 11.1 Å². The molecule has 0 atom stereocenters. The molecule has 0 spiro atoms. The van der Waals surface area contributed by atoms with E-state index in [1.807, 2.05) is 12.1 Å². The van der Waals surface area contributed by atoms with E-state index in [0.29, 0.717) is 21.0 Å². The van der Waals surface area contributed by atoms with Gasteiger partial charge in [0.25, 0.3) is 5.91 Å². The monoisotopic (exact) mass is 503 g/mol. The first-order chi connectivity index (χ1) is 16.3. The lowest BCUT2D eigenvalue weighted by molar-refractivity contribution is -0.142. The Morgan fingerprint density at radius 3 is 2.62 bits per heavy atom. The number of nitrogens with zero attached hydrogens (tertiary/aromatic N) is 6. The molecule has 13 heteroatoms. The molecule has 1 aromatic carbocycles. The van der Waals surface area contributed by atoms with E-state index in [9.17, 15) is 18.0 Å². The number of carbonyl (C=O) groups excluding carboxylic acids is 1. The fourth-order valence-electron chi connectivity index (χ4n) is 3.21. The van der Waals surface area contributed by atoms with Crippen LogP contribution in [0.5, 0.6) is 0 Å². The van der Waals surface area contributed by atoms with Gasteiger partial charge in [-0.05, 0) is 35.2 Å². The second-order valence-corrected chi connectivity index (χ2v) is 8.53. The van der Waals surface area contributed by atoms with Crippen LogP contribution in [0.25, 0.3) is 16.2 Å². The number of carbonyl (C=O) groups is 1. The van der Waals surface area contributed by atoms with Gasteiger partial charge in [0.15, 0.2) is 17.0 Å². The largest absolute Gasteiger partial charge is 0.433 e. The van der Waals surface area contributed by atoms with E-state index < -0.39 is 17.8 Å². The number of benzene rings is 1. The van der Waals surface area contributed by atoms with Crippen LogP contribution in [0.1, 0.15) is 21.7 Å². The van der Waals surface area contributed by atoms with Gasteiger partial charge in [-0.2, -0.15) is 18.3 Å². The average Bonchev–Trinajstić information content (AvgIpc) is 3.54. The predicted octanol–water partition coefficient (Wildman–Crippen LogP) is 5.02. The second kappa shape index (κ2) is 8.54. The van der Waals surface area contributed by atoms with Crippen LogP contribution in [-0.2, 0) is 12.7 Å². The zero-order valence-electron chi connectivity index (χ0n) is 17.0.